The third-order valence-electron chi connectivity index (χ3n) is 4.46. The van der Waals surface area contributed by atoms with E-state index in [2.05, 4.69) is 21.3 Å². The average Bonchev–Trinajstić information content (AvgIpc) is 2.62. The van der Waals surface area contributed by atoms with Crippen LogP contribution in [0.3, 0.4) is 0 Å². The van der Waals surface area contributed by atoms with Gasteiger partial charge in [-0.25, -0.2) is 4.79 Å². The lowest BCUT2D eigenvalue weighted by molar-refractivity contribution is -0.120. The molecule has 1 fully saturated rings. The molecular formula is C19H28N4O4. The maximum absolute atomic E-state index is 12.3. The summed E-state index contributed by atoms with van der Waals surface area (Å²) in [7, 11) is 1.51. The van der Waals surface area contributed by atoms with Gasteiger partial charge in [-0.2, -0.15) is 0 Å². The Kier molecular flexibility index (Phi) is 7.45. The van der Waals surface area contributed by atoms with E-state index in [9.17, 15) is 14.4 Å². The Morgan fingerprint density at radius 3 is 2.48 bits per heavy atom. The number of urea groups is 1. The minimum absolute atomic E-state index is 0.129. The third-order valence-corrected chi connectivity index (χ3v) is 4.46. The van der Waals surface area contributed by atoms with Gasteiger partial charge in [-0.15, -0.1) is 0 Å². The van der Waals surface area contributed by atoms with Crippen molar-refractivity contribution < 1.29 is 19.1 Å². The number of methoxy groups -OCH3 is 1. The van der Waals surface area contributed by atoms with Crippen LogP contribution in [0.5, 0.6) is 5.75 Å². The molecule has 1 aromatic carbocycles. The van der Waals surface area contributed by atoms with Crippen LogP contribution in [0.4, 0.5) is 16.2 Å². The van der Waals surface area contributed by atoms with Crippen LogP contribution in [-0.2, 0) is 9.59 Å². The van der Waals surface area contributed by atoms with Crippen LogP contribution < -0.4 is 26.0 Å². The predicted octanol–water partition coefficient (Wildman–Crippen LogP) is 2.61. The first-order valence-corrected chi connectivity index (χ1v) is 9.22. The van der Waals surface area contributed by atoms with Gasteiger partial charge < -0.3 is 20.7 Å². The van der Waals surface area contributed by atoms with E-state index in [0.717, 1.165) is 25.7 Å². The first-order valence-electron chi connectivity index (χ1n) is 9.22. The number of nitrogens with one attached hydrogen (secondary N) is 4. The second-order valence-electron chi connectivity index (χ2n) is 6.76. The fraction of sp³-hybridized carbons (Fsp3) is 0.526. The van der Waals surface area contributed by atoms with Gasteiger partial charge in [0.05, 0.1) is 12.8 Å². The summed E-state index contributed by atoms with van der Waals surface area (Å²) in [5.41, 5.74) is 1.12. The van der Waals surface area contributed by atoms with Gasteiger partial charge in [-0.05, 0) is 38.0 Å². The molecular weight excluding hydrogens is 348 g/mol. The number of hydrogen-bond donors (Lipinski definition) is 4. The second-order valence-corrected chi connectivity index (χ2v) is 6.76. The normalized spacial score (nSPS) is 15.4. The Morgan fingerprint density at radius 2 is 1.85 bits per heavy atom. The zero-order chi connectivity index (χ0) is 19.8. The standard InChI is InChI=1S/C19H28N4O4/c1-12(18(25)23-19(26)22-14-7-5-4-6-8-14)20-16-11-15(21-13(2)24)9-10-17(16)27-3/h9-12,14,20H,4-8H2,1-3H3,(H,21,24)(H2,22,23,25,26)/t12-/m0/s1. The summed E-state index contributed by atoms with van der Waals surface area (Å²) in [4.78, 5) is 35.6. The van der Waals surface area contributed by atoms with Crippen LogP contribution in [0.1, 0.15) is 46.0 Å². The average molecular weight is 376 g/mol. The minimum Gasteiger partial charge on any atom is -0.495 e. The number of rotatable bonds is 6. The van der Waals surface area contributed by atoms with Crippen molar-refractivity contribution in [1.82, 2.24) is 10.6 Å². The molecule has 148 valence electrons. The van der Waals surface area contributed by atoms with Gasteiger partial charge >= 0.3 is 6.03 Å². The van der Waals surface area contributed by atoms with E-state index in [1.165, 1.54) is 20.5 Å². The summed E-state index contributed by atoms with van der Waals surface area (Å²) in [6.45, 7) is 3.06. The molecule has 4 amide bonds. The van der Waals surface area contributed by atoms with Crippen molar-refractivity contribution in [2.45, 2.75) is 58.0 Å². The Morgan fingerprint density at radius 1 is 1.15 bits per heavy atom. The molecule has 1 aliphatic rings. The molecule has 1 saturated carbocycles. The Labute approximate surface area is 159 Å². The van der Waals surface area contributed by atoms with Crippen molar-refractivity contribution in [2.75, 3.05) is 17.7 Å². The van der Waals surface area contributed by atoms with Gasteiger partial charge in [0, 0.05) is 18.7 Å². The minimum atomic E-state index is -0.677. The molecule has 0 aliphatic heterocycles. The van der Waals surface area contributed by atoms with Crippen molar-refractivity contribution in [3.63, 3.8) is 0 Å². The van der Waals surface area contributed by atoms with E-state index in [-0.39, 0.29) is 11.9 Å². The van der Waals surface area contributed by atoms with Crippen molar-refractivity contribution in [3.05, 3.63) is 18.2 Å². The zero-order valence-corrected chi connectivity index (χ0v) is 16.1. The highest BCUT2D eigenvalue weighted by Crippen LogP contribution is 2.28. The fourth-order valence-corrected chi connectivity index (χ4v) is 3.09. The molecule has 4 N–H and O–H groups in total. The molecule has 0 bridgehead atoms. The second kappa shape index (κ2) is 9.80. The smallest absolute Gasteiger partial charge is 0.321 e. The summed E-state index contributed by atoms with van der Waals surface area (Å²) in [5, 5.41) is 10.9. The zero-order valence-electron chi connectivity index (χ0n) is 16.1. The SMILES string of the molecule is COc1ccc(NC(C)=O)cc1N[C@@H](C)C(=O)NC(=O)NC1CCCCC1. The molecule has 8 nitrogen and oxygen atoms in total. The Bertz CT molecular complexity index is 686. The molecule has 2 rings (SSSR count). The van der Waals surface area contributed by atoms with Gasteiger partial charge in [0.2, 0.25) is 11.8 Å². The molecule has 8 heteroatoms. The molecule has 1 aliphatic carbocycles. The first kappa shape index (κ1) is 20.5. The molecule has 1 atom stereocenters. The number of carbonyl (C=O) groups excluding carboxylic acids is 3. The summed E-state index contributed by atoms with van der Waals surface area (Å²) < 4.78 is 5.28. The topological polar surface area (TPSA) is 109 Å². The molecule has 0 spiro atoms. The lowest BCUT2D eigenvalue weighted by Gasteiger charge is -2.23. The number of ether oxygens (including phenoxy) is 1. The number of anilines is 2. The highest BCUT2D eigenvalue weighted by molar-refractivity contribution is 5.98. The van der Waals surface area contributed by atoms with Crippen molar-refractivity contribution in [3.8, 4) is 5.75 Å². The molecule has 0 saturated heterocycles. The van der Waals surface area contributed by atoms with E-state index >= 15 is 0 Å². The number of carbonyl (C=O) groups is 3. The highest BCUT2D eigenvalue weighted by Gasteiger charge is 2.20. The number of hydrogen-bond acceptors (Lipinski definition) is 5. The predicted molar refractivity (Wildman–Crippen MR) is 104 cm³/mol. The van der Waals surface area contributed by atoms with Crippen LogP contribution in [-0.4, -0.2) is 37.0 Å². The lowest BCUT2D eigenvalue weighted by atomic mass is 9.96. The number of benzene rings is 1. The van der Waals surface area contributed by atoms with E-state index in [4.69, 9.17) is 4.74 Å². The van der Waals surface area contributed by atoms with Crippen LogP contribution in [0.25, 0.3) is 0 Å². The van der Waals surface area contributed by atoms with Crippen molar-refractivity contribution in [2.24, 2.45) is 0 Å². The maximum Gasteiger partial charge on any atom is 0.321 e. The monoisotopic (exact) mass is 376 g/mol. The van der Waals surface area contributed by atoms with Crippen LogP contribution in [0.2, 0.25) is 0 Å². The third kappa shape index (κ3) is 6.47. The molecule has 0 radical (unpaired) electrons. The van der Waals surface area contributed by atoms with Gasteiger partial charge in [-0.1, -0.05) is 19.3 Å². The molecule has 27 heavy (non-hydrogen) atoms. The highest BCUT2D eigenvalue weighted by atomic mass is 16.5. The Hall–Kier alpha value is -2.77. The lowest BCUT2D eigenvalue weighted by Crippen LogP contribution is -2.49. The molecule has 1 aromatic rings. The van der Waals surface area contributed by atoms with E-state index in [1.54, 1.807) is 25.1 Å². The molecule has 0 unspecified atom stereocenters. The van der Waals surface area contributed by atoms with Crippen molar-refractivity contribution in [1.29, 1.82) is 0 Å². The van der Waals surface area contributed by atoms with E-state index in [1.807, 2.05) is 0 Å². The molecule has 0 heterocycles. The molecule has 0 aromatic heterocycles. The van der Waals surface area contributed by atoms with Crippen LogP contribution in [0.15, 0.2) is 18.2 Å². The number of imide groups is 1. The largest absolute Gasteiger partial charge is 0.495 e. The first-order chi connectivity index (χ1) is 12.9. The summed E-state index contributed by atoms with van der Waals surface area (Å²) in [5.74, 6) is -0.123. The maximum atomic E-state index is 12.3. The summed E-state index contributed by atoms with van der Waals surface area (Å²) in [6, 6.07) is 4.04. The number of amides is 4. The van der Waals surface area contributed by atoms with Crippen LogP contribution >= 0.6 is 0 Å². The van der Waals surface area contributed by atoms with E-state index < -0.39 is 18.0 Å². The van der Waals surface area contributed by atoms with Crippen molar-refractivity contribution >= 4 is 29.2 Å². The summed E-state index contributed by atoms with van der Waals surface area (Å²) in [6.07, 6.45) is 5.28. The van der Waals surface area contributed by atoms with Gasteiger partial charge in [-0.3, -0.25) is 14.9 Å². The quantitative estimate of drug-likeness (QED) is 0.610. The van der Waals surface area contributed by atoms with Gasteiger partial charge in [0.1, 0.15) is 11.8 Å². The van der Waals surface area contributed by atoms with E-state index in [0.29, 0.717) is 17.1 Å². The van der Waals surface area contributed by atoms with Gasteiger partial charge in [0.15, 0.2) is 0 Å². The Balaban J connectivity index is 1.94. The fourth-order valence-electron chi connectivity index (χ4n) is 3.09. The van der Waals surface area contributed by atoms with Crippen LogP contribution in [0, 0.1) is 0 Å². The summed E-state index contributed by atoms with van der Waals surface area (Å²) >= 11 is 0. The van der Waals surface area contributed by atoms with Gasteiger partial charge in [0.25, 0.3) is 0 Å².